The minimum absolute atomic E-state index is 0.233. The Morgan fingerprint density at radius 2 is 1.74 bits per heavy atom. The van der Waals surface area contributed by atoms with E-state index in [1.165, 1.54) is 0 Å². The first kappa shape index (κ1) is 15.9. The second-order valence-corrected chi connectivity index (χ2v) is 6.85. The van der Waals surface area contributed by atoms with Gasteiger partial charge in [-0.05, 0) is 35.9 Å². The van der Waals surface area contributed by atoms with Crippen LogP contribution < -0.4 is 0 Å². The molecule has 0 spiro atoms. The summed E-state index contributed by atoms with van der Waals surface area (Å²) >= 11 is 12.1. The second kappa shape index (κ2) is 6.66. The van der Waals surface area contributed by atoms with E-state index >= 15 is 0 Å². The minimum atomic E-state index is -0.444. The van der Waals surface area contributed by atoms with Crippen molar-refractivity contribution in [2.45, 2.75) is 0 Å². The molecule has 2 aromatic carbocycles. The maximum atomic E-state index is 12.5. The van der Waals surface area contributed by atoms with Gasteiger partial charge in [0, 0.05) is 10.6 Å². The molecule has 23 heavy (non-hydrogen) atoms. The van der Waals surface area contributed by atoms with Crippen molar-refractivity contribution < 1.29 is 9.59 Å². The topological polar surface area (TPSA) is 37.4 Å². The Bertz CT molecular complexity index is 816. The number of thioether (sulfide) groups is 1. The van der Waals surface area contributed by atoms with E-state index in [9.17, 15) is 9.59 Å². The molecule has 0 atom stereocenters. The summed E-state index contributed by atoms with van der Waals surface area (Å²) in [4.78, 5) is 26.5. The predicted molar refractivity (Wildman–Crippen MR) is 97.2 cm³/mol. The van der Waals surface area contributed by atoms with Crippen LogP contribution in [0.3, 0.4) is 0 Å². The molecule has 6 heteroatoms. The standard InChI is InChI=1S/C17H10ClNO2S2/c18-13-8-6-12(7-9-13)15(20)19-16(21)14(23-17(19)22)10-11-4-2-1-3-5-11/h1-10H. The first-order valence-corrected chi connectivity index (χ1v) is 8.29. The summed E-state index contributed by atoms with van der Waals surface area (Å²) in [5.74, 6) is -0.843. The van der Waals surface area contributed by atoms with Gasteiger partial charge in [-0.3, -0.25) is 9.59 Å². The van der Waals surface area contributed by atoms with E-state index in [0.717, 1.165) is 22.2 Å². The molecule has 114 valence electrons. The van der Waals surface area contributed by atoms with Gasteiger partial charge in [0.1, 0.15) is 0 Å². The van der Waals surface area contributed by atoms with Gasteiger partial charge < -0.3 is 0 Å². The Morgan fingerprint density at radius 3 is 2.39 bits per heavy atom. The van der Waals surface area contributed by atoms with E-state index in [1.54, 1.807) is 30.3 Å². The fraction of sp³-hybridized carbons (Fsp3) is 0. The van der Waals surface area contributed by atoms with E-state index in [2.05, 4.69) is 0 Å². The Kier molecular flexibility index (Phi) is 4.61. The number of hydrogen-bond acceptors (Lipinski definition) is 4. The zero-order valence-corrected chi connectivity index (χ0v) is 14.1. The molecule has 2 aromatic rings. The molecule has 3 nitrogen and oxygen atoms in total. The van der Waals surface area contributed by atoms with Gasteiger partial charge in [-0.15, -0.1) is 0 Å². The van der Waals surface area contributed by atoms with E-state index < -0.39 is 11.8 Å². The summed E-state index contributed by atoms with van der Waals surface area (Å²) in [6, 6.07) is 15.8. The van der Waals surface area contributed by atoms with Crippen molar-refractivity contribution in [3.63, 3.8) is 0 Å². The summed E-state index contributed by atoms with van der Waals surface area (Å²) < 4.78 is 0.233. The van der Waals surface area contributed by atoms with Gasteiger partial charge >= 0.3 is 0 Å². The molecule has 1 fully saturated rings. The fourth-order valence-electron chi connectivity index (χ4n) is 2.07. The van der Waals surface area contributed by atoms with Crippen LogP contribution in [0.1, 0.15) is 15.9 Å². The Morgan fingerprint density at radius 1 is 1.09 bits per heavy atom. The van der Waals surface area contributed by atoms with Crippen molar-refractivity contribution in [2.24, 2.45) is 0 Å². The molecule has 1 aliphatic rings. The highest BCUT2D eigenvalue weighted by Gasteiger charge is 2.37. The predicted octanol–water partition coefficient (Wildman–Crippen LogP) is 4.38. The molecule has 0 aromatic heterocycles. The van der Waals surface area contributed by atoms with Crippen molar-refractivity contribution >= 4 is 57.8 Å². The minimum Gasteiger partial charge on any atom is -0.268 e. The van der Waals surface area contributed by atoms with Gasteiger partial charge in [0.2, 0.25) is 0 Å². The van der Waals surface area contributed by atoms with Gasteiger partial charge in [-0.25, -0.2) is 4.90 Å². The molecule has 0 aliphatic carbocycles. The number of hydrogen-bond donors (Lipinski definition) is 0. The van der Waals surface area contributed by atoms with Crippen LogP contribution in [0.25, 0.3) is 6.08 Å². The number of benzene rings is 2. The lowest BCUT2D eigenvalue weighted by atomic mass is 10.2. The number of amides is 2. The van der Waals surface area contributed by atoms with E-state index in [4.69, 9.17) is 23.8 Å². The highest BCUT2D eigenvalue weighted by atomic mass is 35.5. The third-order valence-electron chi connectivity index (χ3n) is 3.19. The molecule has 1 heterocycles. The van der Waals surface area contributed by atoms with Crippen LogP contribution in [-0.2, 0) is 4.79 Å². The number of carbonyl (C=O) groups excluding carboxylic acids is 2. The maximum Gasteiger partial charge on any atom is 0.273 e. The van der Waals surface area contributed by atoms with Crippen LogP contribution in [0.2, 0.25) is 5.02 Å². The second-order valence-electron chi connectivity index (χ2n) is 4.74. The van der Waals surface area contributed by atoms with Crippen LogP contribution >= 0.6 is 35.6 Å². The van der Waals surface area contributed by atoms with E-state index in [1.807, 2.05) is 30.3 Å². The molecular weight excluding hydrogens is 350 g/mol. The highest BCUT2D eigenvalue weighted by molar-refractivity contribution is 8.26. The summed E-state index contributed by atoms with van der Waals surface area (Å²) in [5, 5.41) is 0.524. The average molecular weight is 360 g/mol. The summed E-state index contributed by atoms with van der Waals surface area (Å²) in [6.07, 6.45) is 1.73. The molecule has 0 N–H and O–H groups in total. The van der Waals surface area contributed by atoms with Gasteiger partial charge in [0.15, 0.2) is 4.32 Å². The largest absolute Gasteiger partial charge is 0.273 e. The maximum absolute atomic E-state index is 12.5. The Balaban J connectivity index is 1.88. The number of thiocarbonyl (C=S) groups is 1. The van der Waals surface area contributed by atoms with Crippen molar-refractivity contribution in [3.8, 4) is 0 Å². The quantitative estimate of drug-likeness (QED) is 0.453. The van der Waals surface area contributed by atoms with Gasteiger partial charge in [-0.2, -0.15) is 0 Å². The van der Waals surface area contributed by atoms with E-state index in [-0.39, 0.29) is 4.32 Å². The first-order valence-electron chi connectivity index (χ1n) is 6.69. The molecule has 1 saturated heterocycles. The zero-order valence-electron chi connectivity index (χ0n) is 11.7. The lowest BCUT2D eigenvalue weighted by Crippen LogP contribution is -2.34. The number of imide groups is 1. The summed E-state index contributed by atoms with van der Waals surface area (Å²) in [5.41, 5.74) is 1.25. The summed E-state index contributed by atoms with van der Waals surface area (Å²) in [6.45, 7) is 0. The monoisotopic (exact) mass is 359 g/mol. The molecule has 0 unspecified atom stereocenters. The van der Waals surface area contributed by atoms with Crippen LogP contribution in [0.5, 0.6) is 0 Å². The van der Waals surface area contributed by atoms with Gasteiger partial charge in [0.05, 0.1) is 4.91 Å². The molecule has 0 radical (unpaired) electrons. The van der Waals surface area contributed by atoms with Crippen LogP contribution in [0.4, 0.5) is 0 Å². The van der Waals surface area contributed by atoms with Gasteiger partial charge in [-0.1, -0.05) is 65.9 Å². The van der Waals surface area contributed by atoms with Crippen LogP contribution in [-0.4, -0.2) is 21.0 Å². The molecular formula is C17H10ClNO2S2. The number of nitrogens with zero attached hydrogens (tertiary/aromatic N) is 1. The van der Waals surface area contributed by atoms with Crippen molar-refractivity contribution in [1.82, 2.24) is 4.90 Å². The SMILES string of the molecule is O=C1C(=Cc2ccccc2)SC(=S)N1C(=O)c1ccc(Cl)cc1. The lowest BCUT2D eigenvalue weighted by Gasteiger charge is -2.12. The Labute approximate surface area is 147 Å². The third-order valence-corrected chi connectivity index (χ3v) is 4.74. The Hall–Kier alpha value is -1.95. The normalized spacial score (nSPS) is 16.2. The van der Waals surface area contributed by atoms with Crippen LogP contribution in [0.15, 0.2) is 59.5 Å². The van der Waals surface area contributed by atoms with Crippen molar-refractivity contribution in [1.29, 1.82) is 0 Å². The molecule has 1 aliphatic heterocycles. The molecule has 2 amide bonds. The highest BCUT2D eigenvalue weighted by Crippen LogP contribution is 2.33. The molecule has 0 bridgehead atoms. The fourth-order valence-corrected chi connectivity index (χ4v) is 3.45. The molecule has 0 saturated carbocycles. The molecule has 3 rings (SSSR count). The average Bonchev–Trinajstić information content (AvgIpc) is 2.82. The van der Waals surface area contributed by atoms with Crippen molar-refractivity contribution in [2.75, 3.05) is 0 Å². The van der Waals surface area contributed by atoms with E-state index in [0.29, 0.717) is 15.5 Å². The number of carbonyl (C=O) groups is 2. The third kappa shape index (κ3) is 3.37. The van der Waals surface area contributed by atoms with Gasteiger partial charge in [0.25, 0.3) is 11.8 Å². The van der Waals surface area contributed by atoms with Crippen molar-refractivity contribution in [3.05, 3.63) is 75.7 Å². The smallest absolute Gasteiger partial charge is 0.268 e. The lowest BCUT2D eigenvalue weighted by molar-refractivity contribution is -0.120. The summed E-state index contributed by atoms with van der Waals surface area (Å²) in [7, 11) is 0. The first-order chi connectivity index (χ1) is 11.1. The van der Waals surface area contributed by atoms with Crippen LogP contribution in [0, 0.1) is 0 Å². The number of rotatable bonds is 2. The zero-order chi connectivity index (χ0) is 16.4. The number of halogens is 1.